The first-order valence-electron chi connectivity index (χ1n) is 9.14. The molecule has 0 aromatic heterocycles. The predicted octanol–water partition coefficient (Wildman–Crippen LogP) is 3.63. The lowest BCUT2D eigenvalue weighted by atomic mass is 10.1. The highest BCUT2D eigenvalue weighted by Gasteiger charge is 2.33. The number of benzene rings is 2. The van der Waals surface area contributed by atoms with Crippen LogP contribution < -0.4 is 15.0 Å². The number of carbonyl (C=O) groups is 2. The van der Waals surface area contributed by atoms with Crippen molar-refractivity contribution in [3.05, 3.63) is 59.7 Å². The largest absolute Gasteiger partial charge is 0.435 e. The van der Waals surface area contributed by atoms with Crippen molar-refractivity contribution in [3.8, 4) is 5.75 Å². The molecule has 3 rings (SSSR count). The molecule has 0 unspecified atom stereocenters. The summed E-state index contributed by atoms with van der Waals surface area (Å²) in [4.78, 5) is 26.5. The average molecular weight is 388 g/mol. The molecule has 0 spiro atoms. The van der Waals surface area contributed by atoms with Crippen molar-refractivity contribution < 1.29 is 23.1 Å². The van der Waals surface area contributed by atoms with E-state index in [0.29, 0.717) is 24.2 Å². The first-order valence-corrected chi connectivity index (χ1v) is 9.14. The van der Waals surface area contributed by atoms with Crippen molar-refractivity contribution in [1.82, 2.24) is 5.32 Å². The molecule has 1 aliphatic carbocycles. The zero-order valence-electron chi connectivity index (χ0n) is 15.5. The van der Waals surface area contributed by atoms with Gasteiger partial charge in [0.15, 0.2) is 0 Å². The van der Waals surface area contributed by atoms with E-state index in [-0.39, 0.29) is 23.5 Å². The van der Waals surface area contributed by atoms with Gasteiger partial charge in [0, 0.05) is 19.5 Å². The monoisotopic (exact) mass is 388 g/mol. The van der Waals surface area contributed by atoms with Crippen LogP contribution >= 0.6 is 0 Å². The van der Waals surface area contributed by atoms with Crippen LogP contribution in [0.25, 0.3) is 0 Å². The number of hydrogen-bond donors (Lipinski definition) is 1. The van der Waals surface area contributed by atoms with E-state index in [9.17, 15) is 18.4 Å². The van der Waals surface area contributed by atoms with E-state index in [2.05, 4.69) is 10.1 Å². The number of anilines is 1. The molecule has 2 aromatic rings. The van der Waals surface area contributed by atoms with Gasteiger partial charge in [-0.25, -0.2) is 0 Å². The predicted molar refractivity (Wildman–Crippen MR) is 102 cm³/mol. The third-order valence-electron chi connectivity index (χ3n) is 4.61. The molecule has 7 heteroatoms. The smallest absolute Gasteiger partial charge is 0.387 e. The normalized spacial score (nSPS) is 13.3. The molecule has 2 aromatic carbocycles. The zero-order chi connectivity index (χ0) is 20.1. The van der Waals surface area contributed by atoms with Gasteiger partial charge in [-0.05, 0) is 49.1 Å². The van der Waals surface area contributed by atoms with E-state index in [1.54, 1.807) is 48.3 Å². The lowest BCUT2D eigenvalue weighted by molar-refractivity contribution is -0.119. The molecule has 1 fully saturated rings. The highest BCUT2D eigenvalue weighted by molar-refractivity contribution is 6.05. The second-order valence-corrected chi connectivity index (χ2v) is 6.72. The Kier molecular flexibility index (Phi) is 6.23. The second kappa shape index (κ2) is 8.82. The molecule has 28 heavy (non-hydrogen) atoms. The fourth-order valence-electron chi connectivity index (χ4n) is 2.93. The van der Waals surface area contributed by atoms with Crippen molar-refractivity contribution in [3.63, 3.8) is 0 Å². The van der Waals surface area contributed by atoms with Gasteiger partial charge in [-0.15, -0.1) is 0 Å². The maximum absolute atomic E-state index is 12.6. The Morgan fingerprint density at radius 1 is 1.14 bits per heavy atom. The standard InChI is InChI=1S/C21H22F2N2O3/c1-25(20(27)15-8-9-15)18-5-3-2-4-17(18)19(26)24-13-12-14-6-10-16(11-7-14)28-21(22)23/h2-7,10-11,15,21H,8-9,12-13H2,1H3,(H,24,26). The third kappa shape index (κ3) is 5.06. The van der Waals surface area contributed by atoms with E-state index in [1.165, 1.54) is 12.1 Å². The van der Waals surface area contributed by atoms with E-state index in [0.717, 1.165) is 18.4 Å². The number of alkyl halides is 2. The zero-order valence-corrected chi connectivity index (χ0v) is 15.5. The van der Waals surface area contributed by atoms with E-state index >= 15 is 0 Å². The molecule has 0 heterocycles. The number of amides is 2. The summed E-state index contributed by atoms with van der Waals surface area (Å²) < 4.78 is 28.6. The van der Waals surface area contributed by atoms with Crippen molar-refractivity contribution >= 4 is 17.5 Å². The molecule has 5 nitrogen and oxygen atoms in total. The van der Waals surface area contributed by atoms with Crippen LogP contribution in [0.5, 0.6) is 5.75 Å². The minimum atomic E-state index is -2.85. The number of rotatable bonds is 8. The van der Waals surface area contributed by atoms with E-state index in [1.807, 2.05) is 0 Å². The molecule has 0 aliphatic heterocycles. The van der Waals surface area contributed by atoms with Crippen LogP contribution in [0.3, 0.4) is 0 Å². The highest BCUT2D eigenvalue weighted by Crippen LogP contribution is 2.33. The summed E-state index contributed by atoms with van der Waals surface area (Å²) in [5, 5.41) is 2.85. The quantitative estimate of drug-likeness (QED) is 0.751. The topological polar surface area (TPSA) is 58.6 Å². The maximum atomic E-state index is 12.6. The Bertz CT molecular complexity index is 836. The van der Waals surface area contributed by atoms with Crippen molar-refractivity contribution in [2.24, 2.45) is 5.92 Å². The SMILES string of the molecule is CN(C(=O)C1CC1)c1ccccc1C(=O)NCCc1ccc(OC(F)F)cc1. The number of nitrogens with zero attached hydrogens (tertiary/aromatic N) is 1. The minimum Gasteiger partial charge on any atom is -0.435 e. The Labute approximate surface area is 162 Å². The molecule has 0 bridgehead atoms. The van der Waals surface area contributed by atoms with Crippen LogP contribution in [-0.4, -0.2) is 32.0 Å². The Hall–Kier alpha value is -2.96. The molecular formula is C21H22F2N2O3. The van der Waals surface area contributed by atoms with Gasteiger partial charge in [0.1, 0.15) is 5.75 Å². The Morgan fingerprint density at radius 3 is 2.46 bits per heavy atom. The van der Waals surface area contributed by atoms with Gasteiger partial charge < -0.3 is 15.0 Å². The minimum absolute atomic E-state index is 0.0337. The Balaban J connectivity index is 1.57. The summed E-state index contributed by atoms with van der Waals surface area (Å²) in [6.07, 6.45) is 2.34. The molecule has 0 radical (unpaired) electrons. The van der Waals surface area contributed by atoms with Crippen LogP contribution in [0.4, 0.5) is 14.5 Å². The summed E-state index contributed by atoms with van der Waals surface area (Å²) in [7, 11) is 1.69. The number of carbonyl (C=O) groups excluding carboxylic acids is 2. The molecule has 0 atom stereocenters. The van der Waals surface area contributed by atoms with Gasteiger partial charge in [0.05, 0.1) is 11.3 Å². The summed E-state index contributed by atoms with van der Waals surface area (Å²) in [6.45, 7) is -2.47. The van der Waals surface area contributed by atoms with Gasteiger partial charge in [-0.3, -0.25) is 9.59 Å². The lowest BCUT2D eigenvalue weighted by Crippen LogP contribution is -2.32. The molecule has 1 N–H and O–H groups in total. The summed E-state index contributed by atoms with van der Waals surface area (Å²) in [6, 6.07) is 13.3. The fraction of sp³-hybridized carbons (Fsp3) is 0.333. The first kappa shape index (κ1) is 19.8. The van der Waals surface area contributed by atoms with Crippen molar-refractivity contribution in [1.29, 1.82) is 0 Å². The number of halogens is 2. The average Bonchev–Trinajstić information content (AvgIpc) is 3.53. The van der Waals surface area contributed by atoms with Crippen LogP contribution in [0, 0.1) is 5.92 Å². The maximum Gasteiger partial charge on any atom is 0.387 e. The lowest BCUT2D eigenvalue weighted by Gasteiger charge is -2.20. The van der Waals surface area contributed by atoms with Crippen molar-refractivity contribution in [2.75, 3.05) is 18.5 Å². The van der Waals surface area contributed by atoms with Gasteiger partial charge in [-0.2, -0.15) is 8.78 Å². The molecule has 148 valence electrons. The second-order valence-electron chi connectivity index (χ2n) is 6.72. The Morgan fingerprint density at radius 2 is 1.82 bits per heavy atom. The van der Waals surface area contributed by atoms with E-state index in [4.69, 9.17) is 0 Å². The third-order valence-corrected chi connectivity index (χ3v) is 4.61. The molecular weight excluding hydrogens is 366 g/mol. The summed E-state index contributed by atoms with van der Waals surface area (Å²) >= 11 is 0. The van der Waals surface area contributed by atoms with Crippen LogP contribution in [0.2, 0.25) is 0 Å². The fourth-order valence-corrected chi connectivity index (χ4v) is 2.93. The summed E-state index contributed by atoms with van der Waals surface area (Å²) in [5.74, 6) is -0.0618. The highest BCUT2D eigenvalue weighted by atomic mass is 19.3. The number of nitrogens with one attached hydrogen (secondary N) is 1. The summed E-state index contributed by atoms with van der Waals surface area (Å²) in [5.41, 5.74) is 1.92. The number of ether oxygens (including phenoxy) is 1. The van der Waals surface area contributed by atoms with Crippen LogP contribution in [-0.2, 0) is 11.2 Å². The van der Waals surface area contributed by atoms with Crippen molar-refractivity contribution in [2.45, 2.75) is 25.9 Å². The van der Waals surface area contributed by atoms with E-state index < -0.39 is 6.61 Å². The molecule has 1 aliphatic rings. The van der Waals surface area contributed by atoms with Crippen LogP contribution in [0.1, 0.15) is 28.8 Å². The number of hydrogen-bond acceptors (Lipinski definition) is 3. The number of para-hydroxylation sites is 1. The van der Waals surface area contributed by atoms with Crippen LogP contribution in [0.15, 0.2) is 48.5 Å². The van der Waals surface area contributed by atoms with Gasteiger partial charge in [0.2, 0.25) is 5.91 Å². The van der Waals surface area contributed by atoms with Gasteiger partial charge in [0.25, 0.3) is 5.91 Å². The molecule has 2 amide bonds. The first-order chi connectivity index (χ1) is 13.5. The van der Waals surface area contributed by atoms with Gasteiger partial charge in [-0.1, -0.05) is 24.3 Å². The molecule has 1 saturated carbocycles. The van der Waals surface area contributed by atoms with Gasteiger partial charge >= 0.3 is 6.61 Å². The molecule has 0 saturated heterocycles.